The van der Waals surface area contributed by atoms with Crippen molar-refractivity contribution in [2.75, 3.05) is 43.4 Å². The van der Waals surface area contributed by atoms with Crippen LogP contribution in [0.25, 0.3) is 0 Å². The van der Waals surface area contributed by atoms with Gasteiger partial charge in [-0.1, -0.05) is 6.92 Å². The first-order valence-electron chi connectivity index (χ1n) is 8.15. The number of nitrogens with zero attached hydrogens (tertiary/aromatic N) is 2. The summed E-state index contributed by atoms with van der Waals surface area (Å²) in [5, 5.41) is 5.36. The van der Waals surface area contributed by atoms with Gasteiger partial charge < -0.3 is 20.4 Å². The molecule has 3 amide bonds. The van der Waals surface area contributed by atoms with Crippen molar-refractivity contribution in [2.45, 2.75) is 20.3 Å². The second-order valence-electron chi connectivity index (χ2n) is 5.80. The fraction of sp³-hybridized carbons (Fsp3) is 0.471. The van der Waals surface area contributed by atoms with Crippen LogP contribution >= 0.6 is 0 Å². The van der Waals surface area contributed by atoms with Crippen LogP contribution in [0.1, 0.15) is 20.3 Å². The average molecular weight is 332 g/mol. The van der Waals surface area contributed by atoms with Crippen LogP contribution < -0.4 is 10.6 Å². The molecular formula is C17H24N4O3. The molecule has 0 radical (unpaired) electrons. The molecule has 1 aromatic rings. The molecule has 1 aromatic carbocycles. The van der Waals surface area contributed by atoms with E-state index in [0.717, 1.165) is 19.6 Å². The molecule has 130 valence electrons. The van der Waals surface area contributed by atoms with E-state index in [4.69, 9.17) is 0 Å². The van der Waals surface area contributed by atoms with Crippen LogP contribution in [0.15, 0.2) is 24.3 Å². The zero-order chi connectivity index (χ0) is 17.5. The highest BCUT2D eigenvalue weighted by Crippen LogP contribution is 2.14. The summed E-state index contributed by atoms with van der Waals surface area (Å²) in [6.07, 6.45) is -0.153. The third kappa shape index (κ3) is 5.34. The normalized spacial score (nSPS) is 15.0. The van der Waals surface area contributed by atoms with Crippen LogP contribution in [0.3, 0.4) is 0 Å². The summed E-state index contributed by atoms with van der Waals surface area (Å²) < 4.78 is 0. The minimum absolute atomic E-state index is 0.141. The van der Waals surface area contributed by atoms with E-state index in [1.165, 1.54) is 6.92 Å². The number of hydrogen-bond acceptors (Lipinski definition) is 4. The molecule has 1 heterocycles. The lowest BCUT2D eigenvalue weighted by atomic mass is 10.2. The number of rotatable bonds is 5. The molecule has 7 heteroatoms. The van der Waals surface area contributed by atoms with E-state index in [1.54, 1.807) is 29.2 Å². The highest BCUT2D eigenvalue weighted by molar-refractivity contribution is 6.03. The van der Waals surface area contributed by atoms with Gasteiger partial charge in [0.15, 0.2) is 0 Å². The summed E-state index contributed by atoms with van der Waals surface area (Å²) in [6, 6.07) is 6.77. The van der Waals surface area contributed by atoms with Crippen LogP contribution in [0.5, 0.6) is 0 Å². The van der Waals surface area contributed by atoms with Crippen LogP contribution in [0.2, 0.25) is 0 Å². The fourth-order valence-electron chi connectivity index (χ4n) is 2.61. The third-order valence-corrected chi connectivity index (χ3v) is 3.97. The SMILES string of the molecule is CCN1CCN(C(=O)CC(=O)Nc2ccc(NC(C)=O)cc2)CC1. The average Bonchev–Trinajstić information content (AvgIpc) is 2.56. The lowest BCUT2D eigenvalue weighted by molar-refractivity contribution is -0.136. The van der Waals surface area contributed by atoms with Crippen molar-refractivity contribution < 1.29 is 14.4 Å². The number of likely N-dealkylation sites (N-methyl/N-ethyl adjacent to an activating group) is 1. The summed E-state index contributed by atoms with van der Waals surface area (Å²) in [5.74, 6) is -0.621. The Hall–Kier alpha value is -2.41. The Morgan fingerprint density at radius 1 is 0.958 bits per heavy atom. The molecule has 0 bridgehead atoms. The van der Waals surface area contributed by atoms with E-state index in [1.807, 2.05) is 0 Å². The third-order valence-electron chi connectivity index (χ3n) is 3.97. The van der Waals surface area contributed by atoms with E-state index in [0.29, 0.717) is 24.5 Å². The molecule has 0 aliphatic carbocycles. The Bertz CT molecular complexity index is 592. The van der Waals surface area contributed by atoms with Crippen molar-refractivity contribution in [1.29, 1.82) is 0 Å². The summed E-state index contributed by atoms with van der Waals surface area (Å²) in [4.78, 5) is 39.2. The Balaban J connectivity index is 1.80. The number of piperazine rings is 1. The molecule has 1 aliphatic rings. The molecule has 0 saturated carbocycles. The largest absolute Gasteiger partial charge is 0.340 e. The Morgan fingerprint density at radius 3 is 2.00 bits per heavy atom. The number of carbonyl (C=O) groups is 3. The second kappa shape index (κ2) is 8.44. The summed E-state index contributed by atoms with van der Waals surface area (Å²) in [6.45, 7) is 7.57. The summed E-state index contributed by atoms with van der Waals surface area (Å²) >= 11 is 0. The van der Waals surface area contributed by atoms with Gasteiger partial charge in [0.1, 0.15) is 6.42 Å². The summed E-state index contributed by atoms with van der Waals surface area (Å²) in [5.41, 5.74) is 1.25. The molecule has 0 atom stereocenters. The lowest BCUT2D eigenvalue weighted by Gasteiger charge is -2.33. The van der Waals surface area contributed by atoms with Crippen molar-refractivity contribution in [3.8, 4) is 0 Å². The first-order chi connectivity index (χ1) is 11.5. The first kappa shape index (κ1) is 17.9. The molecule has 1 saturated heterocycles. The number of nitrogens with one attached hydrogen (secondary N) is 2. The molecule has 1 aliphatic heterocycles. The highest BCUT2D eigenvalue weighted by Gasteiger charge is 2.21. The van der Waals surface area contributed by atoms with Crippen LogP contribution in [0, 0.1) is 0 Å². The highest BCUT2D eigenvalue weighted by atomic mass is 16.2. The van der Waals surface area contributed by atoms with Gasteiger partial charge >= 0.3 is 0 Å². The maximum Gasteiger partial charge on any atom is 0.233 e. The Kier molecular flexibility index (Phi) is 6.31. The molecule has 2 N–H and O–H groups in total. The minimum Gasteiger partial charge on any atom is -0.340 e. The number of benzene rings is 1. The quantitative estimate of drug-likeness (QED) is 0.792. The molecular weight excluding hydrogens is 308 g/mol. The predicted octanol–water partition coefficient (Wildman–Crippen LogP) is 1.14. The fourth-order valence-corrected chi connectivity index (χ4v) is 2.61. The molecule has 0 unspecified atom stereocenters. The van der Waals surface area contributed by atoms with Gasteiger partial charge in [-0.15, -0.1) is 0 Å². The number of hydrogen-bond donors (Lipinski definition) is 2. The van der Waals surface area contributed by atoms with Gasteiger partial charge in [-0.3, -0.25) is 14.4 Å². The van der Waals surface area contributed by atoms with Gasteiger partial charge in [0, 0.05) is 44.5 Å². The standard InChI is InChI=1S/C17H24N4O3/c1-3-20-8-10-21(11-9-20)17(24)12-16(23)19-15-6-4-14(5-7-15)18-13(2)22/h4-7H,3,8-12H2,1-2H3,(H,18,22)(H,19,23). The topological polar surface area (TPSA) is 81.8 Å². The van der Waals surface area contributed by atoms with Crippen molar-refractivity contribution in [3.63, 3.8) is 0 Å². The zero-order valence-electron chi connectivity index (χ0n) is 14.2. The molecule has 2 rings (SSSR count). The molecule has 24 heavy (non-hydrogen) atoms. The molecule has 1 fully saturated rings. The van der Waals surface area contributed by atoms with E-state index >= 15 is 0 Å². The number of anilines is 2. The summed E-state index contributed by atoms with van der Waals surface area (Å²) in [7, 11) is 0. The molecule has 0 aromatic heterocycles. The predicted molar refractivity (Wildman–Crippen MR) is 92.7 cm³/mol. The van der Waals surface area contributed by atoms with Crippen LogP contribution in [-0.2, 0) is 14.4 Å². The lowest BCUT2D eigenvalue weighted by Crippen LogP contribution is -2.49. The van der Waals surface area contributed by atoms with Crippen LogP contribution in [0.4, 0.5) is 11.4 Å². The molecule has 0 spiro atoms. The van der Waals surface area contributed by atoms with Crippen molar-refractivity contribution >= 4 is 29.1 Å². The van der Waals surface area contributed by atoms with E-state index in [-0.39, 0.29) is 24.1 Å². The van der Waals surface area contributed by atoms with Gasteiger partial charge in [-0.25, -0.2) is 0 Å². The van der Waals surface area contributed by atoms with Crippen LogP contribution in [-0.4, -0.2) is 60.2 Å². The van der Waals surface area contributed by atoms with Gasteiger partial charge in [0.2, 0.25) is 17.7 Å². The smallest absolute Gasteiger partial charge is 0.233 e. The minimum atomic E-state index is -0.329. The van der Waals surface area contributed by atoms with Gasteiger partial charge in [-0.2, -0.15) is 0 Å². The maximum atomic E-state index is 12.2. The maximum absolute atomic E-state index is 12.2. The second-order valence-corrected chi connectivity index (χ2v) is 5.80. The van der Waals surface area contributed by atoms with Crippen molar-refractivity contribution in [2.24, 2.45) is 0 Å². The Morgan fingerprint density at radius 2 is 1.50 bits per heavy atom. The van der Waals surface area contributed by atoms with E-state index in [2.05, 4.69) is 22.5 Å². The van der Waals surface area contributed by atoms with Gasteiger partial charge in [-0.05, 0) is 30.8 Å². The van der Waals surface area contributed by atoms with E-state index in [9.17, 15) is 14.4 Å². The van der Waals surface area contributed by atoms with Gasteiger partial charge in [0.05, 0.1) is 0 Å². The zero-order valence-corrected chi connectivity index (χ0v) is 14.2. The molecule has 7 nitrogen and oxygen atoms in total. The van der Waals surface area contributed by atoms with Crippen molar-refractivity contribution in [3.05, 3.63) is 24.3 Å². The van der Waals surface area contributed by atoms with Crippen molar-refractivity contribution in [1.82, 2.24) is 9.80 Å². The Labute approximate surface area is 142 Å². The van der Waals surface area contributed by atoms with Gasteiger partial charge in [0.25, 0.3) is 0 Å². The van der Waals surface area contributed by atoms with E-state index < -0.39 is 0 Å². The first-order valence-corrected chi connectivity index (χ1v) is 8.15. The number of amides is 3. The monoisotopic (exact) mass is 332 g/mol. The number of carbonyl (C=O) groups excluding carboxylic acids is 3.